The van der Waals surface area contributed by atoms with Crippen molar-refractivity contribution in [3.63, 3.8) is 0 Å². The Bertz CT molecular complexity index is 817. The lowest BCUT2D eigenvalue weighted by molar-refractivity contribution is 0.298. The minimum Gasteiger partial charge on any atom is -0.254 e. The molecule has 0 spiro atoms. The topological polar surface area (TPSA) is 66.4 Å². The third-order valence-corrected chi connectivity index (χ3v) is 7.16. The van der Waals surface area contributed by atoms with Crippen LogP contribution in [0.5, 0.6) is 0 Å². The van der Waals surface area contributed by atoms with Gasteiger partial charge in [-0.15, -0.1) is 11.3 Å². The van der Waals surface area contributed by atoms with Crippen LogP contribution in [-0.2, 0) is 10.2 Å². The normalized spacial score (nSPS) is 19.8. The number of aromatic nitrogens is 2. The number of aryl methyl sites for hydroxylation is 1. The number of nitrogens with zero attached hydrogens (tertiary/aromatic N) is 4. The number of rotatable bonds is 4. The fourth-order valence-corrected chi connectivity index (χ4v) is 4.90. The zero-order valence-electron chi connectivity index (χ0n) is 14.1. The number of thiazole rings is 1. The molecule has 1 unspecified atom stereocenters. The average Bonchev–Trinajstić information content (AvgIpc) is 3.01. The van der Waals surface area contributed by atoms with Crippen LogP contribution in [0.15, 0.2) is 23.7 Å². The lowest BCUT2D eigenvalue weighted by atomic mass is 9.92. The molecule has 1 aliphatic rings. The Morgan fingerprint density at radius 1 is 1.38 bits per heavy atom. The van der Waals surface area contributed by atoms with Crippen molar-refractivity contribution in [1.82, 2.24) is 18.6 Å². The Morgan fingerprint density at radius 3 is 2.83 bits per heavy atom. The van der Waals surface area contributed by atoms with Crippen molar-refractivity contribution in [3.8, 4) is 10.7 Å². The predicted molar refractivity (Wildman–Crippen MR) is 96.2 cm³/mol. The summed E-state index contributed by atoms with van der Waals surface area (Å²) in [4.78, 5) is 8.91. The Labute approximate surface area is 147 Å². The molecule has 0 saturated carbocycles. The molecular formula is C16H22N4O2S2. The lowest BCUT2D eigenvalue weighted by Gasteiger charge is -2.33. The highest BCUT2D eigenvalue weighted by molar-refractivity contribution is 7.86. The van der Waals surface area contributed by atoms with E-state index >= 15 is 0 Å². The van der Waals surface area contributed by atoms with Crippen LogP contribution in [0.3, 0.4) is 0 Å². The van der Waals surface area contributed by atoms with E-state index in [0.29, 0.717) is 13.1 Å². The van der Waals surface area contributed by atoms with Gasteiger partial charge in [0.1, 0.15) is 5.01 Å². The second kappa shape index (κ2) is 6.87. The standard InChI is InChI=1S/C16H22N4O2S2/c1-12-11-23-16(18-12)15-9-13(6-7-17-15)14-5-4-8-20(10-14)24(21,22)19(2)3/h6-7,9,11,14H,4-5,8,10H2,1-3H3. The third kappa shape index (κ3) is 3.51. The van der Waals surface area contributed by atoms with E-state index in [9.17, 15) is 8.42 Å². The van der Waals surface area contributed by atoms with Gasteiger partial charge in [0.15, 0.2) is 0 Å². The summed E-state index contributed by atoms with van der Waals surface area (Å²) in [5.74, 6) is 0.191. The van der Waals surface area contributed by atoms with E-state index in [2.05, 4.69) is 16.0 Å². The van der Waals surface area contributed by atoms with Crippen molar-refractivity contribution in [2.45, 2.75) is 25.7 Å². The summed E-state index contributed by atoms with van der Waals surface area (Å²) < 4.78 is 27.6. The quantitative estimate of drug-likeness (QED) is 0.834. The largest absolute Gasteiger partial charge is 0.281 e. The molecule has 3 rings (SSSR count). The predicted octanol–water partition coefficient (Wildman–Crippen LogP) is 2.50. The zero-order valence-corrected chi connectivity index (χ0v) is 15.8. The third-order valence-electron chi connectivity index (χ3n) is 4.27. The number of hydrogen-bond acceptors (Lipinski definition) is 5. The van der Waals surface area contributed by atoms with Crippen molar-refractivity contribution in [3.05, 3.63) is 35.0 Å². The van der Waals surface area contributed by atoms with Gasteiger partial charge < -0.3 is 0 Å². The maximum atomic E-state index is 12.4. The molecule has 0 radical (unpaired) electrons. The molecule has 130 valence electrons. The van der Waals surface area contributed by atoms with Crippen LogP contribution in [-0.4, -0.2) is 54.2 Å². The number of pyridine rings is 1. The Balaban J connectivity index is 1.84. The Kier molecular flexibility index (Phi) is 5.00. The molecule has 3 heterocycles. The van der Waals surface area contributed by atoms with Crippen molar-refractivity contribution in [1.29, 1.82) is 0 Å². The fourth-order valence-electron chi connectivity index (χ4n) is 2.94. The maximum absolute atomic E-state index is 12.4. The Morgan fingerprint density at radius 2 is 2.17 bits per heavy atom. The van der Waals surface area contributed by atoms with Crippen LogP contribution < -0.4 is 0 Å². The summed E-state index contributed by atoms with van der Waals surface area (Å²) in [5.41, 5.74) is 2.98. The average molecular weight is 367 g/mol. The summed E-state index contributed by atoms with van der Waals surface area (Å²) in [7, 11) is -0.204. The van der Waals surface area contributed by atoms with Gasteiger partial charge in [0, 0.05) is 44.5 Å². The minimum absolute atomic E-state index is 0.191. The van der Waals surface area contributed by atoms with Crippen molar-refractivity contribution in [2.24, 2.45) is 0 Å². The first-order chi connectivity index (χ1) is 11.4. The van der Waals surface area contributed by atoms with Crippen molar-refractivity contribution in [2.75, 3.05) is 27.2 Å². The van der Waals surface area contributed by atoms with Crippen LogP contribution >= 0.6 is 11.3 Å². The van der Waals surface area contributed by atoms with E-state index in [1.165, 1.54) is 4.31 Å². The molecule has 0 aromatic carbocycles. The first-order valence-corrected chi connectivity index (χ1v) is 10.2. The van der Waals surface area contributed by atoms with E-state index in [0.717, 1.165) is 34.8 Å². The second-order valence-electron chi connectivity index (χ2n) is 6.26. The van der Waals surface area contributed by atoms with Crippen LogP contribution in [0.25, 0.3) is 10.7 Å². The smallest absolute Gasteiger partial charge is 0.254 e. The van der Waals surface area contributed by atoms with Gasteiger partial charge in [0.25, 0.3) is 10.2 Å². The number of piperidine rings is 1. The minimum atomic E-state index is -3.36. The maximum Gasteiger partial charge on any atom is 0.281 e. The van der Waals surface area contributed by atoms with Crippen LogP contribution in [0, 0.1) is 6.92 Å². The van der Waals surface area contributed by atoms with Gasteiger partial charge in [-0.05, 0) is 43.4 Å². The van der Waals surface area contributed by atoms with Crippen LogP contribution in [0.1, 0.15) is 30.0 Å². The zero-order chi connectivity index (χ0) is 17.3. The fraction of sp³-hybridized carbons (Fsp3) is 0.500. The highest BCUT2D eigenvalue weighted by Gasteiger charge is 2.31. The SMILES string of the molecule is Cc1csc(-c2cc(C3CCCN(S(=O)(=O)N(C)C)C3)ccn2)n1. The molecule has 1 saturated heterocycles. The van der Waals surface area contributed by atoms with Gasteiger partial charge in [-0.25, -0.2) is 4.98 Å². The first-order valence-electron chi connectivity index (χ1n) is 7.94. The van der Waals surface area contributed by atoms with Crippen molar-refractivity contribution >= 4 is 21.5 Å². The van der Waals surface area contributed by atoms with E-state index in [4.69, 9.17) is 0 Å². The van der Waals surface area contributed by atoms with Gasteiger partial charge in [-0.3, -0.25) is 4.98 Å². The summed E-state index contributed by atoms with van der Waals surface area (Å²) in [6.45, 7) is 3.07. The van der Waals surface area contributed by atoms with Crippen LogP contribution in [0.2, 0.25) is 0 Å². The molecule has 6 nitrogen and oxygen atoms in total. The molecule has 1 aliphatic heterocycles. The molecule has 0 bridgehead atoms. The van der Waals surface area contributed by atoms with Crippen LogP contribution in [0.4, 0.5) is 0 Å². The molecular weight excluding hydrogens is 344 g/mol. The highest BCUT2D eigenvalue weighted by Crippen LogP contribution is 2.31. The summed E-state index contributed by atoms with van der Waals surface area (Å²) in [6, 6.07) is 4.04. The monoisotopic (exact) mass is 366 g/mol. The molecule has 2 aromatic rings. The van der Waals surface area contributed by atoms with Crippen molar-refractivity contribution < 1.29 is 8.42 Å². The Hall–Kier alpha value is -1.35. The molecule has 1 atom stereocenters. The van der Waals surface area contributed by atoms with Gasteiger partial charge >= 0.3 is 0 Å². The molecule has 2 aromatic heterocycles. The van der Waals surface area contributed by atoms with Gasteiger partial charge in [-0.2, -0.15) is 17.0 Å². The van der Waals surface area contributed by atoms with Gasteiger partial charge in [0.2, 0.25) is 0 Å². The molecule has 0 amide bonds. The molecule has 8 heteroatoms. The molecule has 0 aliphatic carbocycles. The van der Waals surface area contributed by atoms with E-state index < -0.39 is 10.2 Å². The van der Waals surface area contributed by atoms with Gasteiger partial charge in [0.05, 0.1) is 5.69 Å². The van der Waals surface area contributed by atoms with E-state index in [-0.39, 0.29) is 5.92 Å². The molecule has 24 heavy (non-hydrogen) atoms. The second-order valence-corrected chi connectivity index (χ2v) is 9.26. The first kappa shape index (κ1) is 17.5. The highest BCUT2D eigenvalue weighted by atomic mass is 32.2. The lowest BCUT2D eigenvalue weighted by Crippen LogP contribution is -2.44. The molecule has 0 N–H and O–H groups in total. The number of hydrogen-bond donors (Lipinski definition) is 0. The van der Waals surface area contributed by atoms with Gasteiger partial charge in [-0.1, -0.05) is 0 Å². The van der Waals surface area contributed by atoms with E-state index in [1.807, 2.05) is 18.4 Å². The summed E-state index contributed by atoms with van der Waals surface area (Å²) in [6.07, 6.45) is 3.65. The summed E-state index contributed by atoms with van der Waals surface area (Å²) >= 11 is 1.58. The summed E-state index contributed by atoms with van der Waals surface area (Å²) in [5, 5.41) is 2.92. The van der Waals surface area contributed by atoms with E-state index in [1.54, 1.807) is 35.9 Å². The molecule has 1 fully saturated rings.